The Morgan fingerprint density at radius 1 is 0.969 bits per heavy atom. The van der Waals surface area contributed by atoms with Gasteiger partial charge >= 0.3 is 33.0 Å². The van der Waals surface area contributed by atoms with E-state index in [1.54, 1.807) is 0 Å². The van der Waals surface area contributed by atoms with Crippen molar-refractivity contribution in [3.05, 3.63) is 24.5 Å². The molecule has 0 aromatic rings. The molecule has 0 atom stereocenters. The van der Waals surface area contributed by atoms with Gasteiger partial charge in [0.15, 0.2) is 5.41 Å². The van der Waals surface area contributed by atoms with Crippen molar-refractivity contribution in [1.29, 1.82) is 0 Å². The quantitative estimate of drug-likeness (QED) is 0.114. The first-order valence-electron chi connectivity index (χ1n) is 8.76. The third-order valence-corrected chi connectivity index (χ3v) is 4.37. The molecule has 32 heavy (non-hydrogen) atoms. The minimum atomic E-state index is -1.86. The van der Waals surface area contributed by atoms with Crippen LogP contribution in [0.3, 0.4) is 0 Å². The fraction of sp³-hybridized carbons (Fsp3) is 0.529. The number of hydrogen-bond donors (Lipinski definition) is 3. The van der Waals surface area contributed by atoms with Gasteiger partial charge in [0, 0.05) is 30.7 Å². The molecular formula is C17H25N5O9Pt. The van der Waals surface area contributed by atoms with Crippen molar-refractivity contribution in [3.63, 3.8) is 0 Å². The third kappa shape index (κ3) is 8.20. The fourth-order valence-electron chi connectivity index (χ4n) is 2.61. The standard InChI is InChI=1S/C17H21N3O9.2H2N.Pt/c21-12(19-18-11-9-17(10-11,15(24)25)16(26)27)3-5-28-7-8-29-6-4-20-13(22)1-2-14(20)23;;;/h1-2H,3-10H2,(H,19,21)(H,24,25)(H,26,27);2*1H2;/q;2*-1;+2. The van der Waals surface area contributed by atoms with E-state index in [-0.39, 0.29) is 97.4 Å². The summed E-state index contributed by atoms with van der Waals surface area (Å²) in [6, 6.07) is 0. The summed E-state index contributed by atoms with van der Waals surface area (Å²) in [5, 5.41) is 21.7. The van der Waals surface area contributed by atoms with Gasteiger partial charge < -0.3 is 32.0 Å². The average Bonchev–Trinajstić information content (AvgIpc) is 2.93. The van der Waals surface area contributed by atoms with Crippen LogP contribution < -0.4 is 5.43 Å². The number of carbonyl (C=O) groups is 5. The van der Waals surface area contributed by atoms with Crippen LogP contribution in [0.2, 0.25) is 0 Å². The zero-order valence-electron chi connectivity index (χ0n) is 16.9. The third-order valence-electron chi connectivity index (χ3n) is 4.37. The number of carboxylic acids is 2. The normalized spacial score (nSPS) is 15.6. The Morgan fingerprint density at radius 3 is 1.97 bits per heavy atom. The van der Waals surface area contributed by atoms with Crippen LogP contribution in [-0.4, -0.2) is 83.5 Å². The summed E-state index contributed by atoms with van der Waals surface area (Å²) in [6.07, 6.45) is 1.89. The largest absolute Gasteiger partial charge is 2.00 e. The molecule has 0 unspecified atom stereocenters. The number of amides is 3. The van der Waals surface area contributed by atoms with Gasteiger partial charge in [-0.3, -0.25) is 28.9 Å². The molecule has 1 aliphatic heterocycles. The fourth-order valence-corrected chi connectivity index (χ4v) is 2.61. The van der Waals surface area contributed by atoms with Gasteiger partial charge in [-0.25, -0.2) is 5.43 Å². The predicted octanol–water partition coefficient (Wildman–Crippen LogP) is 0.188. The van der Waals surface area contributed by atoms with Gasteiger partial charge in [0.1, 0.15) is 0 Å². The van der Waals surface area contributed by atoms with Crippen molar-refractivity contribution in [3.8, 4) is 0 Å². The van der Waals surface area contributed by atoms with Crippen LogP contribution in [-0.2, 0) is 54.5 Å². The van der Waals surface area contributed by atoms with Crippen LogP contribution in [0.1, 0.15) is 19.3 Å². The van der Waals surface area contributed by atoms with E-state index in [4.69, 9.17) is 19.7 Å². The molecule has 2 aliphatic rings. The second-order valence-electron chi connectivity index (χ2n) is 6.40. The van der Waals surface area contributed by atoms with E-state index in [0.29, 0.717) is 5.71 Å². The first-order valence-corrected chi connectivity index (χ1v) is 8.76. The van der Waals surface area contributed by atoms with E-state index in [0.717, 1.165) is 4.90 Å². The summed E-state index contributed by atoms with van der Waals surface area (Å²) in [6.45, 7) is 0.857. The Kier molecular flexibility index (Phi) is 14.4. The van der Waals surface area contributed by atoms with Crippen molar-refractivity contribution in [2.24, 2.45) is 10.5 Å². The SMILES string of the molecule is O=C(CCOCCOCCN1C(=O)C=CC1=O)NN=C1CC(C(=O)O)(C(=O)O)C1.[NH2-].[NH2-].[Pt+2]. The molecule has 0 aromatic carbocycles. The van der Waals surface area contributed by atoms with E-state index in [1.165, 1.54) is 12.2 Å². The van der Waals surface area contributed by atoms with E-state index in [9.17, 15) is 24.0 Å². The molecule has 0 saturated heterocycles. The Labute approximate surface area is 197 Å². The van der Waals surface area contributed by atoms with Crippen LogP contribution in [0.4, 0.5) is 0 Å². The molecule has 1 fully saturated rings. The van der Waals surface area contributed by atoms with Gasteiger partial charge in [0.05, 0.1) is 39.4 Å². The Morgan fingerprint density at radius 2 is 1.47 bits per heavy atom. The summed E-state index contributed by atoms with van der Waals surface area (Å²) >= 11 is 0. The van der Waals surface area contributed by atoms with Crippen molar-refractivity contribution < 1.29 is 64.7 Å². The zero-order valence-corrected chi connectivity index (χ0v) is 19.2. The molecule has 0 bridgehead atoms. The van der Waals surface area contributed by atoms with Gasteiger partial charge in [0.2, 0.25) is 5.91 Å². The first-order chi connectivity index (χ1) is 13.8. The maximum Gasteiger partial charge on any atom is 2.00 e. The monoisotopic (exact) mass is 638 g/mol. The molecule has 3 amide bonds. The molecule has 1 saturated carbocycles. The van der Waals surface area contributed by atoms with Crippen LogP contribution in [0.15, 0.2) is 17.3 Å². The van der Waals surface area contributed by atoms with Crippen LogP contribution in [0, 0.1) is 5.41 Å². The molecule has 0 aromatic heterocycles. The minimum absolute atomic E-state index is 0. The van der Waals surface area contributed by atoms with Crippen molar-refractivity contribution in [1.82, 2.24) is 10.3 Å². The maximum atomic E-state index is 11.6. The first kappa shape index (κ1) is 31.7. The molecule has 0 spiro atoms. The van der Waals surface area contributed by atoms with Gasteiger partial charge in [-0.2, -0.15) is 5.10 Å². The van der Waals surface area contributed by atoms with E-state index in [1.807, 2.05) is 0 Å². The van der Waals surface area contributed by atoms with E-state index in [2.05, 4.69) is 10.5 Å². The van der Waals surface area contributed by atoms with Crippen LogP contribution in [0.5, 0.6) is 0 Å². The van der Waals surface area contributed by atoms with Crippen molar-refractivity contribution >= 4 is 35.4 Å². The number of rotatable bonds is 12. The summed E-state index contributed by atoms with van der Waals surface area (Å²) in [4.78, 5) is 57.3. The number of hydrazone groups is 1. The molecule has 14 nitrogen and oxygen atoms in total. The number of carbonyl (C=O) groups excluding carboxylic acids is 3. The van der Waals surface area contributed by atoms with Gasteiger partial charge in [0.25, 0.3) is 11.8 Å². The van der Waals surface area contributed by atoms with E-state index < -0.39 is 23.3 Å². The summed E-state index contributed by atoms with van der Waals surface area (Å²) in [7, 11) is 0. The Bertz CT molecular complexity index is 730. The number of carboxylic acid groups (broad SMARTS) is 2. The number of hydrogen-bond acceptors (Lipinski definition) is 8. The molecule has 182 valence electrons. The molecule has 1 heterocycles. The molecule has 15 heteroatoms. The van der Waals surface area contributed by atoms with Gasteiger partial charge in [-0.1, -0.05) is 0 Å². The molecule has 7 N–H and O–H groups in total. The molecule has 2 rings (SSSR count). The summed E-state index contributed by atoms with van der Waals surface area (Å²) in [5.74, 6) is -4.06. The van der Waals surface area contributed by atoms with Gasteiger partial charge in [-0.15, -0.1) is 0 Å². The van der Waals surface area contributed by atoms with Crippen LogP contribution >= 0.6 is 0 Å². The average molecular weight is 638 g/mol. The number of nitrogens with one attached hydrogen (secondary N) is 1. The number of nitrogens with zero attached hydrogens (tertiary/aromatic N) is 2. The van der Waals surface area contributed by atoms with Crippen molar-refractivity contribution in [2.45, 2.75) is 19.3 Å². The minimum Gasteiger partial charge on any atom is -0.693 e. The number of ether oxygens (including phenoxy) is 2. The smallest absolute Gasteiger partial charge is 0.693 e. The topological polar surface area (TPSA) is 239 Å². The number of aliphatic carboxylic acids is 2. The van der Waals surface area contributed by atoms with E-state index >= 15 is 0 Å². The zero-order chi connectivity index (χ0) is 21.4. The number of imide groups is 1. The Balaban J connectivity index is 0. The molecule has 0 radical (unpaired) electrons. The Hall–Kier alpha value is -2.51. The second kappa shape index (κ2) is 14.5. The summed E-state index contributed by atoms with van der Waals surface area (Å²) < 4.78 is 10.5. The predicted molar refractivity (Wildman–Crippen MR) is 105 cm³/mol. The molecule has 1 aliphatic carbocycles. The summed E-state index contributed by atoms with van der Waals surface area (Å²) in [5.41, 5.74) is 0.659. The second-order valence-corrected chi connectivity index (χ2v) is 6.40. The van der Waals surface area contributed by atoms with Gasteiger partial charge in [-0.05, 0) is 0 Å². The maximum absolute atomic E-state index is 11.6. The van der Waals surface area contributed by atoms with Crippen molar-refractivity contribution in [2.75, 3.05) is 33.0 Å². The van der Waals surface area contributed by atoms with Crippen LogP contribution in [0.25, 0.3) is 12.3 Å². The molecular weight excluding hydrogens is 613 g/mol. The number of nitrogens with two attached hydrogens (primary N) is 2.